The third kappa shape index (κ3) is 2.40. The van der Waals surface area contributed by atoms with Gasteiger partial charge < -0.3 is 4.79 Å². The lowest BCUT2D eigenvalue weighted by Crippen LogP contribution is -2.35. The van der Waals surface area contributed by atoms with Crippen molar-refractivity contribution in [2.24, 2.45) is 13.0 Å². The molecule has 0 spiro atoms. The Hall–Kier alpha value is -1.68. The first-order valence-corrected chi connectivity index (χ1v) is 6.86. The van der Waals surface area contributed by atoms with Gasteiger partial charge >= 0.3 is 0 Å². The molecule has 1 atom stereocenters. The van der Waals surface area contributed by atoms with Crippen LogP contribution in [0.5, 0.6) is 0 Å². The minimum Gasteiger partial charge on any atom is -0.303 e. The minimum absolute atomic E-state index is 0.198. The SMILES string of the molecule is Cn1nc(CN2CCCC(C=O)C2)c2ccccc21. The summed E-state index contributed by atoms with van der Waals surface area (Å²) in [6, 6.07) is 8.31. The third-order valence-electron chi connectivity index (χ3n) is 3.94. The number of benzene rings is 1. The van der Waals surface area contributed by atoms with Gasteiger partial charge in [-0.15, -0.1) is 0 Å². The second kappa shape index (κ2) is 5.13. The van der Waals surface area contributed by atoms with E-state index in [0.717, 1.165) is 44.5 Å². The molecule has 4 heteroatoms. The fraction of sp³-hybridized carbons (Fsp3) is 0.467. The van der Waals surface area contributed by atoms with Gasteiger partial charge in [0.2, 0.25) is 0 Å². The van der Waals surface area contributed by atoms with E-state index in [0.29, 0.717) is 0 Å². The molecule has 0 saturated carbocycles. The molecule has 1 fully saturated rings. The number of nitrogens with zero attached hydrogens (tertiary/aromatic N) is 3. The van der Waals surface area contributed by atoms with Gasteiger partial charge in [-0.3, -0.25) is 9.58 Å². The highest BCUT2D eigenvalue weighted by atomic mass is 16.1. The van der Waals surface area contributed by atoms with Crippen molar-refractivity contribution >= 4 is 17.2 Å². The van der Waals surface area contributed by atoms with Gasteiger partial charge in [-0.05, 0) is 25.5 Å². The summed E-state index contributed by atoms with van der Waals surface area (Å²) < 4.78 is 1.94. The summed E-state index contributed by atoms with van der Waals surface area (Å²) in [6.07, 6.45) is 3.24. The number of rotatable bonds is 3. The monoisotopic (exact) mass is 257 g/mol. The smallest absolute Gasteiger partial charge is 0.124 e. The molecule has 1 aliphatic heterocycles. The number of likely N-dealkylation sites (tertiary alicyclic amines) is 1. The summed E-state index contributed by atoms with van der Waals surface area (Å²) in [5.74, 6) is 0.198. The zero-order valence-electron chi connectivity index (χ0n) is 11.2. The van der Waals surface area contributed by atoms with Crippen molar-refractivity contribution in [2.75, 3.05) is 13.1 Å². The van der Waals surface area contributed by atoms with E-state index in [1.54, 1.807) is 0 Å². The summed E-state index contributed by atoms with van der Waals surface area (Å²) >= 11 is 0. The molecule has 0 N–H and O–H groups in total. The van der Waals surface area contributed by atoms with Crippen LogP contribution in [0.2, 0.25) is 0 Å². The summed E-state index contributed by atoms with van der Waals surface area (Å²) in [4.78, 5) is 13.3. The van der Waals surface area contributed by atoms with Crippen LogP contribution in [0, 0.1) is 5.92 Å². The summed E-state index contributed by atoms with van der Waals surface area (Å²) in [5, 5.41) is 5.84. The first kappa shape index (κ1) is 12.4. The summed E-state index contributed by atoms with van der Waals surface area (Å²) in [7, 11) is 1.98. The number of para-hydroxylation sites is 1. The van der Waals surface area contributed by atoms with Gasteiger partial charge in [-0.2, -0.15) is 5.10 Å². The normalized spacial score (nSPS) is 20.8. The molecule has 1 aromatic heterocycles. The van der Waals surface area contributed by atoms with Crippen molar-refractivity contribution in [1.29, 1.82) is 0 Å². The zero-order valence-corrected chi connectivity index (χ0v) is 11.2. The maximum atomic E-state index is 10.9. The maximum Gasteiger partial charge on any atom is 0.124 e. The van der Waals surface area contributed by atoms with Crippen LogP contribution in [0.1, 0.15) is 18.5 Å². The van der Waals surface area contributed by atoms with Crippen molar-refractivity contribution in [1.82, 2.24) is 14.7 Å². The lowest BCUT2D eigenvalue weighted by molar-refractivity contribution is -0.112. The van der Waals surface area contributed by atoms with E-state index < -0.39 is 0 Å². The highest BCUT2D eigenvalue weighted by molar-refractivity contribution is 5.81. The lowest BCUT2D eigenvalue weighted by Gasteiger charge is -2.29. The van der Waals surface area contributed by atoms with Crippen LogP contribution in [0.4, 0.5) is 0 Å². The number of fused-ring (bicyclic) bond motifs is 1. The standard InChI is InChI=1S/C15H19N3O/c1-17-15-7-3-2-6-13(15)14(16-17)10-18-8-4-5-12(9-18)11-19/h2-3,6-7,11-12H,4-5,8-10H2,1H3. The Morgan fingerprint density at radius 1 is 1.42 bits per heavy atom. The molecular formula is C15H19N3O. The molecule has 2 heterocycles. The highest BCUT2D eigenvalue weighted by Crippen LogP contribution is 2.21. The Morgan fingerprint density at radius 3 is 3.11 bits per heavy atom. The van der Waals surface area contributed by atoms with Crippen LogP contribution in [-0.2, 0) is 18.4 Å². The van der Waals surface area contributed by atoms with Gasteiger partial charge in [0.15, 0.2) is 0 Å². The van der Waals surface area contributed by atoms with Crippen LogP contribution < -0.4 is 0 Å². The Bertz CT molecular complexity index is 590. The molecule has 1 aliphatic rings. The van der Waals surface area contributed by atoms with Crippen LogP contribution in [0.25, 0.3) is 10.9 Å². The van der Waals surface area contributed by atoms with Gasteiger partial charge in [0.05, 0.1) is 11.2 Å². The van der Waals surface area contributed by atoms with E-state index in [1.165, 1.54) is 10.9 Å². The van der Waals surface area contributed by atoms with Gasteiger partial charge in [0.25, 0.3) is 0 Å². The average molecular weight is 257 g/mol. The number of hydrogen-bond donors (Lipinski definition) is 0. The topological polar surface area (TPSA) is 38.1 Å². The van der Waals surface area contributed by atoms with Crippen molar-refractivity contribution in [3.63, 3.8) is 0 Å². The molecule has 4 nitrogen and oxygen atoms in total. The number of aryl methyl sites for hydroxylation is 1. The predicted molar refractivity (Wildman–Crippen MR) is 74.8 cm³/mol. The van der Waals surface area contributed by atoms with E-state index in [4.69, 9.17) is 0 Å². The number of piperidine rings is 1. The van der Waals surface area contributed by atoms with E-state index >= 15 is 0 Å². The van der Waals surface area contributed by atoms with Crippen LogP contribution >= 0.6 is 0 Å². The van der Waals surface area contributed by atoms with Gasteiger partial charge in [-0.25, -0.2) is 0 Å². The number of hydrogen-bond acceptors (Lipinski definition) is 3. The molecule has 100 valence electrons. The summed E-state index contributed by atoms with van der Waals surface area (Å²) in [5.41, 5.74) is 2.28. The van der Waals surface area contributed by atoms with E-state index in [-0.39, 0.29) is 5.92 Å². The average Bonchev–Trinajstić information content (AvgIpc) is 2.76. The Kier molecular flexibility index (Phi) is 3.34. The van der Waals surface area contributed by atoms with Gasteiger partial charge in [0.1, 0.15) is 6.29 Å². The Labute approximate surface area is 113 Å². The Balaban J connectivity index is 1.83. The maximum absolute atomic E-state index is 10.9. The van der Waals surface area contributed by atoms with Crippen molar-refractivity contribution in [2.45, 2.75) is 19.4 Å². The lowest BCUT2D eigenvalue weighted by atomic mass is 9.99. The molecule has 2 aromatic rings. The number of aromatic nitrogens is 2. The molecule has 3 rings (SSSR count). The number of carbonyl (C=O) groups is 1. The predicted octanol–water partition coefficient (Wildman–Crippen LogP) is 1.98. The fourth-order valence-electron chi connectivity index (χ4n) is 2.96. The second-order valence-electron chi connectivity index (χ2n) is 5.36. The van der Waals surface area contributed by atoms with Crippen molar-refractivity contribution in [3.8, 4) is 0 Å². The molecule has 1 saturated heterocycles. The largest absolute Gasteiger partial charge is 0.303 e. The second-order valence-corrected chi connectivity index (χ2v) is 5.36. The molecule has 0 aliphatic carbocycles. The molecular weight excluding hydrogens is 238 g/mol. The molecule has 1 aromatic carbocycles. The Morgan fingerprint density at radius 2 is 2.26 bits per heavy atom. The summed E-state index contributed by atoms with van der Waals surface area (Å²) in [6.45, 7) is 2.77. The first-order valence-electron chi connectivity index (χ1n) is 6.86. The van der Waals surface area contributed by atoms with E-state index in [2.05, 4.69) is 28.2 Å². The van der Waals surface area contributed by atoms with Crippen LogP contribution in [0.3, 0.4) is 0 Å². The number of aldehydes is 1. The quantitative estimate of drug-likeness (QED) is 0.789. The van der Waals surface area contributed by atoms with Gasteiger partial charge in [0, 0.05) is 31.4 Å². The molecule has 0 amide bonds. The third-order valence-corrected chi connectivity index (χ3v) is 3.94. The minimum atomic E-state index is 0.198. The molecule has 0 radical (unpaired) electrons. The molecule has 1 unspecified atom stereocenters. The van der Waals surface area contributed by atoms with E-state index in [9.17, 15) is 4.79 Å². The van der Waals surface area contributed by atoms with E-state index in [1.807, 2.05) is 17.8 Å². The van der Waals surface area contributed by atoms with Gasteiger partial charge in [-0.1, -0.05) is 18.2 Å². The fourth-order valence-corrected chi connectivity index (χ4v) is 2.96. The molecule has 19 heavy (non-hydrogen) atoms. The first-order chi connectivity index (χ1) is 9.28. The van der Waals surface area contributed by atoms with Crippen LogP contribution in [-0.4, -0.2) is 34.1 Å². The number of carbonyl (C=O) groups excluding carboxylic acids is 1. The van der Waals surface area contributed by atoms with Crippen LogP contribution in [0.15, 0.2) is 24.3 Å². The molecule has 0 bridgehead atoms. The zero-order chi connectivity index (χ0) is 13.2. The van der Waals surface area contributed by atoms with Crippen molar-refractivity contribution in [3.05, 3.63) is 30.0 Å². The highest BCUT2D eigenvalue weighted by Gasteiger charge is 2.20. The van der Waals surface area contributed by atoms with Crippen molar-refractivity contribution < 1.29 is 4.79 Å².